The molecule has 0 aliphatic carbocycles. The van der Waals surface area contributed by atoms with Crippen molar-refractivity contribution >= 4 is 11.6 Å². The maximum Gasteiger partial charge on any atom is 0.573 e. The van der Waals surface area contributed by atoms with Crippen LogP contribution in [0.5, 0.6) is 5.75 Å². The third-order valence-corrected chi connectivity index (χ3v) is 2.79. The van der Waals surface area contributed by atoms with Crippen molar-refractivity contribution in [3.8, 4) is 5.75 Å². The number of nitrogen functional groups attached to an aromatic ring is 1. The lowest BCUT2D eigenvalue weighted by molar-refractivity contribution is -0.274. The van der Waals surface area contributed by atoms with Gasteiger partial charge in [0.05, 0.1) is 6.10 Å². The molecule has 1 amide bonds. The number of rotatable bonds is 6. The average molecular weight is 322 g/mol. The van der Waals surface area contributed by atoms with Gasteiger partial charge in [-0.3, -0.25) is 4.79 Å². The van der Waals surface area contributed by atoms with Crippen molar-refractivity contribution in [2.75, 3.05) is 12.3 Å². The molecule has 0 saturated carbocycles. The van der Waals surface area contributed by atoms with Crippen LogP contribution < -0.4 is 15.8 Å². The Morgan fingerprint density at radius 1 is 1.41 bits per heavy atom. The second kappa shape index (κ2) is 7.32. The highest BCUT2D eigenvalue weighted by molar-refractivity contribution is 5.72. The van der Waals surface area contributed by atoms with Crippen molar-refractivity contribution < 1.29 is 32.9 Å². The lowest BCUT2D eigenvalue weighted by Gasteiger charge is -2.20. The molecule has 0 radical (unpaired) electrons. The number of anilines is 1. The number of aliphatic hydroxyl groups is 2. The van der Waals surface area contributed by atoms with Crippen molar-refractivity contribution in [3.05, 3.63) is 23.8 Å². The first-order valence-electron chi connectivity index (χ1n) is 6.36. The molecule has 0 fully saturated rings. The van der Waals surface area contributed by atoms with Crippen molar-refractivity contribution in [2.24, 2.45) is 0 Å². The molecule has 6 nitrogen and oxygen atoms in total. The highest BCUT2D eigenvalue weighted by atomic mass is 19.4. The Morgan fingerprint density at radius 3 is 2.55 bits per heavy atom. The molecule has 0 aromatic heterocycles. The molecule has 1 aromatic carbocycles. The molecule has 0 aliphatic rings. The second-order valence-electron chi connectivity index (χ2n) is 4.62. The van der Waals surface area contributed by atoms with Gasteiger partial charge in [0.2, 0.25) is 5.91 Å². The summed E-state index contributed by atoms with van der Waals surface area (Å²) in [5.41, 5.74) is 5.50. The molecule has 5 N–H and O–H groups in total. The van der Waals surface area contributed by atoms with Gasteiger partial charge in [0.15, 0.2) is 0 Å². The maximum absolute atomic E-state index is 12.1. The predicted molar refractivity (Wildman–Crippen MR) is 71.8 cm³/mol. The Labute approximate surface area is 124 Å². The van der Waals surface area contributed by atoms with Gasteiger partial charge in [-0.05, 0) is 12.5 Å². The van der Waals surface area contributed by atoms with Gasteiger partial charge in [-0.1, -0.05) is 6.07 Å². The first-order valence-corrected chi connectivity index (χ1v) is 6.36. The SMILES string of the molecule is CC(=O)NCCC(O)C(O)c1ccc(OC(F)(F)F)cc1N. The minimum atomic E-state index is -4.84. The van der Waals surface area contributed by atoms with Crippen molar-refractivity contribution in [2.45, 2.75) is 31.9 Å². The van der Waals surface area contributed by atoms with Crippen LogP contribution in [0.15, 0.2) is 18.2 Å². The normalized spacial score (nSPS) is 14.3. The Kier molecular flexibility index (Phi) is 6.01. The number of halogens is 3. The Morgan fingerprint density at radius 2 is 2.05 bits per heavy atom. The summed E-state index contributed by atoms with van der Waals surface area (Å²) in [5, 5.41) is 22.2. The van der Waals surface area contributed by atoms with E-state index in [9.17, 15) is 28.2 Å². The van der Waals surface area contributed by atoms with Crippen LogP contribution in [-0.4, -0.2) is 35.1 Å². The number of benzene rings is 1. The number of nitrogens with one attached hydrogen (secondary N) is 1. The highest BCUT2D eigenvalue weighted by Gasteiger charge is 2.31. The van der Waals surface area contributed by atoms with E-state index in [-0.39, 0.29) is 30.1 Å². The fraction of sp³-hybridized carbons (Fsp3) is 0.462. The lowest BCUT2D eigenvalue weighted by Crippen LogP contribution is -2.28. The number of alkyl halides is 3. The van der Waals surface area contributed by atoms with Crippen molar-refractivity contribution in [1.82, 2.24) is 5.32 Å². The second-order valence-corrected chi connectivity index (χ2v) is 4.62. The largest absolute Gasteiger partial charge is 0.573 e. The number of aliphatic hydroxyl groups excluding tert-OH is 2. The molecular formula is C13H17F3N2O4. The molecule has 2 unspecified atom stereocenters. The molecular weight excluding hydrogens is 305 g/mol. The van der Waals surface area contributed by atoms with E-state index in [2.05, 4.69) is 10.1 Å². The fourth-order valence-corrected chi connectivity index (χ4v) is 1.78. The number of amides is 1. The molecule has 1 aromatic rings. The third kappa shape index (κ3) is 5.78. The van der Waals surface area contributed by atoms with Gasteiger partial charge in [-0.2, -0.15) is 0 Å². The van der Waals surface area contributed by atoms with E-state index >= 15 is 0 Å². The van der Waals surface area contributed by atoms with E-state index in [1.165, 1.54) is 6.92 Å². The zero-order valence-corrected chi connectivity index (χ0v) is 11.7. The van der Waals surface area contributed by atoms with Crippen LogP contribution in [0, 0.1) is 0 Å². The zero-order chi connectivity index (χ0) is 16.9. The summed E-state index contributed by atoms with van der Waals surface area (Å²) < 4.78 is 39.9. The summed E-state index contributed by atoms with van der Waals surface area (Å²) in [6.07, 6.45) is -7.41. The zero-order valence-electron chi connectivity index (χ0n) is 11.7. The van der Waals surface area contributed by atoms with Crippen molar-refractivity contribution in [3.63, 3.8) is 0 Å². The van der Waals surface area contributed by atoms with E-state index in [1.54, 1.807) is 0 Å². The number of hydrogen-bond donors (Lipinski definition) is 4. The third-order valence-electron chi connectivity index (χ3n) is 2.79. The summed E-state index contributed by atoms with van der Waals surface area (Å²) in [6, 6.07) is 3.04. The Balaban J connectivity index is 2.73. The lowest BCUT2D eigenvalue weighted by atomic mass is 10.0. The van der Waals surface area contributed by atoms with Crippen LogP contribution >= 0.6 is 0 Å². The van der Waals surface area contributed by atoms with Gasteiger partial charge in [-0.25, -0.2) is 0 Å². The minimum absolute atomic E-state index is 0.0565. The summed E-state index contributed by atoms with van der Waals surface area (Å²) >= 11 is 0. The van der Waals surface area contributed by atoms with Gasteiger partial charge in [0, 0.05) is 30.8 Å². The van der Waals surface area contributed by atoms with Crippen molar-refractivity contribution in [1.29, 1.82) is 0 Å². The van der Waals surface area contributed by atoms with Crippen LogP contribution in [0.2, 0.25) is 0 Å². The van der Waals surface area contributed by atoms with Gasteiger partial charge in [0.1, 0.15) is 11.9 Å². The highest BCUT2D eigenvalue weighted by Crippen LogP contribution is 2.30. The van der Waals surface area contributed by atoms with E-state index in [1.807, 2.05) is 0 Å². The Hall–Kier alpha value is -2.00. The quantitative estimate of drug-likeness (QED) is 0.587. The molecule has 0 spiro atoms. The molecule has 124 valence electrons. The number of nitrogens with two attached hydrogens (primary N) is 1. The van der Waals surface area contributed by atoms with Gasteiger partial charge in [-0.15, -0.1) is 13.2 Å². The summed E-state index contributed by atoms with van der Waals surface area (Å²) in [4.78, 5) is 10.7. The Bertz CT molecular complexity index is 522. The van der Waals surface area contributed by atoms with Gasteiger partial charge in [0.25, 0.3) is 0 Å². The summed E-state index contributed by atoms with van der Waals surface area (Å²) in [7, 11) is 0. The fourth-order valence-electron chi connectivity index (χ4n) is 1.78. The smallest absolute Gasteiger partial charge is 0.406 e. The van der Waals surface area contributed by atoms with Crippen LogP contribution in [-0.2, 0) is 4.79 Å². The van der Waals surface area contributed by atoms with Crippen LogP contribution in [0.25, 0.3) is 0 Å². The first-order chi connectivity index (χ1) is 10.1. The van der Waals surface area contributed by atoms with E-state index in [4.69, 9.17) is 5.73 Å². The average Bonchev–Trinajstić information content (AvgIpc) is 2.35. The van der Waals surface area contributed by atoms with E-state index in [0.717, 1.165) is 18.2 Å². The maximum atomic E-state index is 12.1. The molecule has 0 bridgehead atoms. The number of carbonyl (C=O) groups excluding carboxylic acids is 1. The molecule has 0 heterocycles. The molecule has 0 aliphatic heterocycles. The monoisotopic (exact) mass is 322 g/mol. The standard InChI is InChI=1S/C13H17F3N2O4/c1-7(19)18-5-4-11(20)12(21)9-3-2-8(6-10(9)17)22-13(14,15)16/h2-3,6,11-12,20-21H,4-5,17H2,1H3,(H,18,19). The van der Waals surface area contributed by atoms with Gasteiger partial charge < -0.3 is 26.0 Å². The number of carbonyl (C=O) groups is 1. The van der Waals surface area contributed by atoms with Crippen LogP contribution in [0.4, 0.5) is 18.9 Å². The van der Waals surface area contributed by atoms with Crippen LogP contribution in [0.1, 0.15) is 25.0 Å². The van der Waals surface area contributed by atoms with E-state index in [0.29, 0.717) is 0 Å². The molecule has 9 heteroatoms. The van der Waals surface area contributed by atoms with E-state index < -0.39 is 24.3 Å². The molecule has 0 saturated heterocycles. The molecule has 2 atom stereocenters. The first kappa shape index (κ1) is 18.1. The van der Waals surface area contributed by atoms with Gasteiger partial charge >= 0.3 is 6.36 Å². The summed E-state index contributed by atoms with van der Waals surface area (Å²) in [6.45, 7) is 1.45. The predicted octanol–water partition coefficient (Wildman–Crippen LogP) is 1.09. The minimum Gasteiger partial charge on any atom is -0.406 e. The molecule has 1 rings (SSSR count). The topological polar surface area (TPSA) is 105 Å². The number of hydrogen-bond acceptors (Lipinski definition) is 5. The summed E-state index contributed by atoms with van der Waals surface area (Å²) in [5.74, 6) is -0.802. The molecule has 22 heavy (non-hydrogen) atoms. The van der Waals surface area contributed by atoms with Crippen LogP contribution in [0.3, 0.4) is 0 Å². The number of ether oxygens (including phenoxy) is 1.